The number of carbonyl (C=O) groups is 2. The number of carbonyl (C=O) groups excluding carboxylic acids is 1. The van der Waals surface area contributed by atoms with Crippen molar-refractivity contribution in [2.24, 2.45) is 0 Å². The van der Waals surface area contributed by atoms with Crippen molar-refractivity contribution in [1.82, 2.24) is 10.5 Å². The van der Waals surface area contributed by atoms with Crippen molar-refractivity contribution in [2.45, 2.75) is 25.8 Å². The molecule has 0 aliphatic rings. The topological polar surface area (TPSA) is 92.4 Å². The van der Waals surface area contributed by atoms with Crippen LogP contribution in [0.3, 0.4) is 0 Å². The van der Waals surface area contributed by atoms with E-state index in [0.717, 1.165) is 0 Å². The molecule has 18 heavy (non-hydrogen) atoms. The van der Waals surface area contributed by atoms with Crippen LogP contribution < -0.4 is 5.32 Å². The molecule has 7 heteroatoms. The van der Waals surface area contributed by atoms with Gasteiger partial charge < -0.3 is 14.9 Å². The molecule has 1 aromatic heterocycles. The summed E-state index contributed by atoms with van der Waals surface area (Å²) in [5.41, 5.74) is 0.113. The fourth-order valence-corrected chi connectivity index (χ4v) is 1.78. The SMILES string of the molecule is CCc1cc(C(=O)N[C@@H](CCSC)C(=O)O)no1. The molecule has 0 spiro atoms. The Morgan fingerprint density at radius 2 is 2.33 bits per heavy atom. The van der Waals surface area contributed by atoms with Gasteiger partial charge in [0.15, 0.2) is 5.69 Å². The van der Waals surface area contributed by atoms with E-state index in [4.69, 9.17) is 9.63 Å². The van der Waals surface area contributed by atoms with E-state index in [1.165, 1.54) is 17.8 Å². The van der Waals surface area contributed by atoms with Gasteiger partial charge in [0.05, 0.1) is 0 Å². The van der Waals surface area contributed by atoms with Crippen LogP contribution in [-0.2, 0) is 11.2 Å². The van der Waals surface area contributed by atoms with E-state index in [0.29, 0.717) is 24.4 Å². The van der Waals surface area contributed by atoms with Crippen molar-refractivity contribution in [3.8, 4) is 0 Å². The normalized spacial score (nSPS) is 12.1. The Morgan fingerprint density at radius 1 is 1.61 bits per heavy atom. The molecule has 0 aromatic carbocycles. The zero-order valence-corrected chi connectivity index (χ0v) is 11.1. The number of amides is 1. The lowest BCUT2D eigenvalue weighted by Gasteiger charge is -2.12. The van der Waals surface area contributed by atoms with Gasteiger partial charge in [-0.3, -0.25) is 4.79 Å². The number of nitrogens with zero attached hydrogens (tertiary/aromatic N) is 1. The third-order valence-corrected chi connectivity index (χ3v) is 3.00. The second-order valence-electron chi connectivity index (χ2n) is 3.68. The highest BCUT2D eigenvalue weighted by Crippen LogP contribution is 2.06. The van der Waals surface area contributed by atoms with E-state index in [1.54, 1.807) is 0 Å². The maximum atomic E-state index is 11.7. The van der Waals surface area contributed by atoms with Crippen LogP contribution >= 0.6 is 11.8 Å². The van der Waals surface area contributed by atoms with E-state index < -0.39 is 17.9 Å². The molecule has 1 rings (SSSR count). The average Bonchev–Trinajstić information content (AvgIpc) is 2.82. The predicted octanol–water partition coefficient (Wildman–Crippen LogP) is 1.17. The van der Waals surface area contributed by atoms with Crippen LogP contribution in [0.4, 0.5) is 0 Å². The third kappa shape index (κ3) is 4.06. The standard InChI is InChI=1S/C11H16N2O4S/c1-3-7-6-9(13-17-7)10(14)12-8(11(15)16)4-5-18-2/h6,8H,3-5H2,1-2H3,(H,12,14)(H,15,16)/t8-/m0/s1. The van der Waals surface area contributed by atoms with Gasteiger partial charge in [-0.1, -0.05) is 12.1 Å². The fourth-order valence-electron chi connectivity index (χ4n) is 1.31. The van der Waals surface area contributed by atoms with Crippen molar-refractivity contribution in [3.63, 3.8) is 0 Å². The van der Waals surface area contributed by atoms with E-state index in [2.05, 4.69) is 10.5 Å². The van der Waals surface area contributed by atoms with Crippen LogP contribution in [0.25, 0.3) is 0 Å². The molecule has 100 valence electrons. The van der Waals surface area contributed by atoms with Gasteiger partial charge in [-0.15, -0.1) is 0 Å². The number of hydrogen-bond donors (Lipinski definition) is 2. The molecule has 0 aliphatic heterocycles. The van der Waals surface area contributed by atoms with Crippen LogP contribution in [0.2, 0.25) is 0 Å². The Labute approximate surface area is 109 Å². The smallest absolute Gasteiger partial charge is 0.326 e. The highest BCUT2D eigenvalue weighted by atomic mass is 32.2. The largest absolute Gasteiger partial charge is 0.480 e. The van der Waals surface area contributed by atoms with E-state index >= 15 is 0 Å². The van der Waals surface area contributed by atoms with Gasteiger partial charge >= 0.3 is 5.97 Å². The lowest BCUT2D eigenvalue weighted by molar-refractivity contribution is -0.139. The summed E-state index contributed by atoms with van der Waals surface area (Å²) in [6.45, 7) is 1.88. The minimum atomic E-state index is -1.04. The molecular formula is C11H16N2O4S. The quantitative estimate of drug-likeness (QED) is 0.774. The monoisotopic (exact) mass is 272 g/mol. The highest BCUT2D eigenvalue weighted by Gasteiger charge is 2.21. The summed E-state index contributed by atoms with van der Waals surface area (Å²) < 4.78 is 4.90. The van der Waals surface area contributed by atoms with Crippen molar-refractivity contribution < 1.29 is 19.2 Å². The first-order chi connectivity index (χ1) is 8.58. The Bertz CT molecular complexity index is 419. The van der Waals surface area contributed by atoms with Crippen molar-refractivity contribution >= 4 is 23.6 Å². The average molecular weight is 272 g/mol. The first kappa shape index (κ1) is 14.6. The van der Waals surface area contributed by atoms with Crippen molar-refractivity contribution in [3.05, 3.63) is 17.5 Å². The summed E-state index contributed by atoms with van der Waals surface area (Å²) >= 11 is 1.53. The molecular weight excluding hydrogens is 256 g/mol. The molecule has 6 nitrogen and oxygen atoms in total. The first-order valence-corrected chi connectivity index (χ1v) is 6.96. The van der Waals surface area contributed by atoms with E-state index in [1.807, 2.05) is 13.2 Å². The number of aromatic nitrogens is 1. The molecule has 1 amide bonds. The van der Waals surface area contributed by atoms with Crippen molar-refractivity contribution in [2.75, 3.05) is 12.0 Å². The van der Waals surface area contributed by atoms with Gasteiger partial charge in [0.25, 0.3) is 5.91 Å². The maximum Gasteiger partial charge on any atom is 0.326 e. The maximum absolute atomic E-state index is 11.7. The van der Waals surface area contributed by atoms with Crippen LogP contribution in [0.5, 0.6) is 0 Å². The van der Waals surface area contributed by atoms with Gasteiger partial charge in [-0.25, -0.2) is 4.79 Å². The summed E-state index contributed by atoms with van der Waals surface area (Å²) in [6.07, 6.45) is 2.89. The van der Waals surface area contributed by atoms with Crippen LogP contribution in [0.15, 0.2) is 10.6 Å². The molecule has 0 aliphatic carbocycles. The van der Waals surface area contributed by atoms with Gasteiger partial charge in [-0.05, 0) is 18.4 Å². The summed E-state index contributed by atoms with van der Waals surface area (Å²) in [4.78, 5) is 22.7. The number of nitrogens with one attached hydrogen (secondary N) is 1. The molecule has 0 saturated carbocycles. The Morgan fingerprint density at radius 3 is 2.83 bits per heavy atom. The Hall–Kier alpha value is -1.50. The first-order valence-electron chi connectivity index (χ1n) is 5.56. The molecule has 0 fully saturated rings. The Balaban J connectivity index is 2.62. The molecule has 1 atom stereocenters. The van der Waals surface area contributed by atoms with Gasteiger partial charge in [0.1, 0.15) is 11.8 Å². The number of hydrogen-bond acceptors (Lipinski definition) is 5. The molecule has 0 saturated heterocycles. The summed E-state index contributed by atoms with van der Waals surface area (Å²) in [5.74, 6) is -0.310. The number of aryl methyl sites for hydroxylation is 1. The summed E-state index contributed by atoms with van der Waals surface area (Å²) in [5, 5.41) is 15.0. The van der Waals surface area contributed by atoms with Gasteiger partial charge in [0, 0.05) is 12.5 Å². The molecule has 2 N–H and O–H groups in total. The number of thioether (sulfide) groups is 1. The molecule has 0 unspecified atom stereocenters. The fraction of sp³-hybridized carbons (Fsp3) is 0.545. The molecule has 1 aromatic rings. The van der Waals surface area contributed by atoms with E-state index in [9.17, 15) is 9.59 Å². The molecule has 1 heterocycles. The third-order valence-electron chi connectivity index (χ3n) is 2.35. The number of aliphatic carboxylic acids is 1. The van der Waals surface area contributed by atoms with Crippen LogP contribution in [0.1, 0.15) is 29.6 Å². The zero-order chi connectivity index (χ0) is 13.5. The lowest BCUT2D eigenvalue weighted by atomic mass is 10.2. The zero-order valence-electron chi connectivity index (χ0n) is 10.3. The summed E-state index contributed by atoms with van der Waals surface area (Å²) in [7, 11) is 0. The van der Waals surface area contributed by atoms with Gasteiger partial charge in [-0.2, -0.15) is 11.8 Å². The predicted molar refractivity (Wildman–Crippen MR) is 67.8 cm³/mol. The second kappa shape index (κ2) is 7.05. The van der Waals surface area contributed by atoms with E-state index in [-0.39, 0.29) is 5.69 Å². The van der Waals surface area contributed by atoms with Gasteiger partial charge in [0.2, 0.25) is 0 Å². The highest BCUT2D eigenvalue weighted by molar-refractivity contribution is 7.98. The van der Waals surface area contributed by atoms with Crippen LogP contribution in [-0.4, -0.2) is 40.2 Å². The minimum absolute atomic E-state index is 0.113. The Kier molecular flexibility index (Phi) is 5.70. The van der Waals surface area contributed by atoms with Crippen molar-refractivity contribution in [1.29, 1.82) is 0 Å². The molecule has 0 radical (unpaired) electrons. The van der Waals surface area contributed by atoms with Crippen LogP contribution in [0, 0.1) is 0 Å². The lowest BCUT2D eigenvalue weighted by Crippen LogP contribution is -2.41. The number of carboxylic acid groups (broad SMARTS) is 1. The molecule has 0 bridgehead atoms. The minimum Gasteiger partial charge on any atom is -0.480 e. The second-order valence-corrected chi connectivity index (χ2v) is 4.66. The number of rotatable bonds is 7. The number of carboxylic acids is 1. The summed E-state index contributed by atoms with van der Waals surface area (Å²) in [6, 6.07) is 0.620.